The average molecular weight is 212 g/mol. The molecule has 1 aromatic heterocycles. The highest BCUT2D eigenvalue weighted by Crippen LogP contribution is 2.37. The second-order valence-corrected chi connectivity index (χ2v) is 4.48. The molecule has 0 saturated carbocycles. The van der Waals surface area contributed by atoms with Gasteiger partial charge >= 0.3 is 0 Å². The third-order valence-electron chi connectivity index (χ3n) is 2.33. The quantitative estimate of drug-likeness (QED) is 0.654. The molecule has 0 atom stereocenters. The van der Waals surface area contributed by atoms with Crippen LogP contribution in [0.4, 0.5) is 8.78 Å². The summed E-state index contributed by atoms with van der Waals surface area (Å²) in [6.45, 7) is 3.73. The Balaban J connectivity index is 2.74. The van der Waals surface area contributed by atoms with E-state index in [4.69, 9.17) is 0 Å². The Hall–Kier alpha value is -0.960. The summed E-state index contributed by atoms with van der Waals surface area (Å²) in [7, 11) is 0. The van der Waals surface area contributed by atoms with Crippen molar-refractivity contribution in [1.82, 2.24) is 0 Å². The van der Waals surface area contributed by atoms with E-state index in [0.717, 1.165) is 21.2 Å². The highest BCUT2D eigenvalue weighted by Gasteiger charge is 2.16. The van der Waals surface area contributed by atoms with Crippen LogP contribution in [0.3, 0.4) is 0 Å². The summed E-state index contributed by atoms with van der Waals surface area (Å²) in [4.78, 5) is 0.200. The van der Waals surface area contributed by atoms with Gasteiger partial charge in [-0.2, -0.15) is 0 Å². The standard InChI is InChI=1S/C11H10F2S/c1-6-3-4-9-8(5-6)7(2)10(14-9)11(12)13/h3-5,11H,1-2H3. The summed E-state index contributed by atoms with van der Waals surface area (Å²) in [5.74, 6) is 0. The Morgan fingerprint density at radius 1 is 1.21 bits per heavy atom. The van der Waals surface area contributed by atoms with Gasteiger partial charge in [0.15, 0.2) is 0 Å². The first-order valence-electron chi connectivity index (χ1n) is 4.37. The topological polar surface area (TPSA) is 0 Å². The van der Waals surface area contributed by atoms with E-state index in [9.17, 15) is 8.78 Å². The monoisotopic (exact) mass is 212 g/mol. The lowest BCUT2D eigenvalue weighted by Gasteiger charge is -1.96. The molecule has 0 saturated heterocycles. The number of hydrogen-bond acceptors (Lipinski definition) is 1. The Bertz CT molecular complexity index is 471. The van der Waals surface area contributed by atoms with E-state index in [1.807, 2.05) is 25.1 Å². The van der Waals surface area contributed by atoms with Crippen molar-refractivity contribution in [2.75, 3.05) is 0 Å². The molecule has 0 aliphatic heterocycles. The van der Waals surface area contributed by atoms with Gasteiger partial charge < -0.3 is 0 Å². The van der Waals surface area contributed by atoms with Crippen LogP contribution in [0.1, 0.15) is 22.4 Å². The minimum absolute atomic E-state index is 0.200. The van der Waals surface area contributed by atoms with Gasteiger partial charge in [0.2, 0.25) is 0 Å². The van der Waals surface area contributed by atoms with Gasteiger partial charge in [-0.25, -0.2) is 8.78 Å². The third-order valence-corrected chi connectivity index (χ3v) is 3.61. The summed E-state index contributed by atoms with van der Waals surface area (Å²) >= 11 is 1.19. The molecule has 0 spiro atoms. The van der Waals surface area contributed by atoms with Crippen molar-refractivity contribution >= 4 is 21.4 Å². The van der Waals surface area contributed by atoms with E-state index < -0.39 is 6.43 Å². The van der Waals surface area contributed by atoms with Crippen molar-refractivity contribution in [3.63, 3.8) is 0 Å². The summed E-state index contributed by atoms with van der Waals surface area (Å²) in [5, 5.41) is 0.963. The van der Waals surface area contributed by atoms with E-state index in [2.05, 4.69) is 0 Å². The molecule has 0 bridgehead atoms. The van der Waals surface area contributed by atoms with Gasteiger partial charge in [0, 0.05) is 4.70 Å². The fraction of sp³-hybridized carbons (Fsp3) is 0.273. The summed E-state index contributed by atoms with van der Waals surface area (Å²) < 4.78 is 26.1. The Kier molecular flexibility index (Phi) is 2.27. The minimum atomic E-state index is -2.35. The number of thiophene rings is 1. The van der Waals surface area contributed by atoms with Gasteiger partial charge in [0.1, 0.15) is 0 Å². The zero-order valence-electron chi connectivity index (χ0n) is 7.97. The highest BCUT2D eigenvalue weighted by molar-refractivity contribution is 7.19. The number of hydrogen-bond donors (Lipinski definition) is 0. The predicted molar refractivity (Wildman–Crippen MR) is 56.3 cm³/mol. The lowest BCUT2D eigenvalue weighted by molar-refractivity contribution is 0.155. The van der Waals surface area contributed by atoms with Crippen LogP contribution >= 0.6 is 11.3 Å². The van der Waals surface area contributed by atoms with Crippen molar-refractivity contribution in [3.05, 3.63) is 34.2 Å². The Labute approximate surface area is 85.2 Å². The number of halogens is 2. The van der Waals surface area contributed by atoms with Crippen LogP contribution in [0.25, 0.3) is 10.1 Å². The molecule has 0 unspecified atom stereocenters. The van der Waals surface area contributed by atoms with Crippen LogP contribution in [0.2, 0.25) is 0 Å². The molecule has 74 valence electrons. The number of benzene rings is 1. The normalized spacial score (nSPS) is 11.5. The lowest BCUT2D eigenvalue weighted by atomic mass is 10.1. The zero-order valence-corrected chi connectivity index (χ0v) is 8.79. The lowest BCUT2D eigenvalue weighted by Crippen LogP contribution is -1.80. The number of alkyl halides is 2. The maximum Gasteiger partial charge on any atom is 0.273 e. The van der Waals surface area contributed by atoms with Gasteiger partial charge in [0.25, 0.3) is 6.43 Å². The largest absolute Gasteiger partial charge is 0.273 e. The molecule has 0 fully saturated rings. The third kappa shape index (κ3) is 1.42. The van der Waals surface area contributed by atoms with E-state index in [1.165, 1.54) is 11.3 Å². The summed E-state index contributed by atoms with van der Waals surface area (Å²) in [6.07, 6.45) is -2.35. The van der Waals surface area contributed by atoms with Gasteiger partial charge in [-0.3, -0.25) is 0 Å². The Morgan fingerprint density at radius 3 is 2.57 bits per heavy atom. The SMILES string of the molecule is Cc1ccc2sc(C(F)F)c(C)c2c1. The molecular weight excluding hydrogens is 202 g/mol. The second-order valence-electron chi connectivity index (χ2n) is 3.39. The van der Waals surface area contributed by atoms with Crippen LogP contribution in [0.5, 0.6) is 0 Å². The number of aryl methyl sites for hydroxylation is 2. The molecule has 3 heteroatoms. The first-order chi connectivity index (χ1) is 6.59. The molecule has 0 amide bonds. The first kappa shape index (κ1) is 9.59. The van der Waals surface area contributed by atoms with Crippen LogP contribution in [0, 0.1) is 13.8 Å². The minimum Gasteiger partial charge on any atom is -0.204 e. The fourth-order valence-electron chi connectivity index (χ4n) is 1.56. The van der Waals surface area contributed by atoms with Crippen molar-refractivity contribution in [3.8, 4) is 0 Å². The van der Waals surface area contributed by atoms with Gasteiger partial charge in [0.05, 0.1) is 4.88 Å². The van der Waals surface area contributed by atoms with Crippen molar-refractivity contribution in [2.24, 2.45) is 0 Å². The predicted octanol–water partition coefficient (Wildman–Crippen LogP) is 4.46. The molecule has 1 aromatic carbocycles. The molecular formula is C11H10F2S. The number of rotatable bonds is 1. The maximum absolute atomic E-state index is 12.6. The second kappa shape index (κ2) is 3.31. The van der Waals surface area contributed by atoms with Crippen molar-refractivity contribution in [2.45, 2.75) is 20.3 Å². The van der Waals surface area contributed by atoms with Gasteiger partial charge in [-0.1, -0.05) is 17.7 Å². The molecule has 0 nitrogen and oxygen atoms in total. The molecule has 0 aliphatic rings. The summed E-state index contributed by atoms with van der Waals surface area (Å²) in [5.41, 5.74) is 1.84. The maximum atomic E-state index is 12.6. The molecule has 1 heterocycles. The number of fused-ring (bicyclic) bond motifs is 1. The van der Waals surface area contributed by atoms with Gasteiger partial charge in [-0.15, -0.1) is 11.3 Å². The Morgan fingerprint density at radius 2 is 1.93 bits per heavy atom. The van der Waals surface area contributed by atoms with E-state index in [1.54, 1.807) is 6.92 Å². The molecule has 0 aliphatic carbocycles. The van der Waals surface area contributed by atoms with Crippen LogP contribution in [0.15, 0.2) is 18.2 Å². The highest BCUT2D eigenvalue weighted by atomic mass is 32.1. The molecule has 2 aromatic rings. The molecule has 0 N–H and O–H groups in total. The molecule has 0 radical (unpaired) electrons. The van der Waals surface area contributed by atoms with Crippen molar-refractivity contribution in [1.29, 1.82) is 0 Å². The fourth-order valence-corrected chi connectivity index (χ4v) is 2.61. The molecule has 14 heavy (non-hydrogen) atoms. The molecule has 2 rings (SSSR count). The van der Waals surface area contributed by atoms with Crippen molar-refractivity contribution < 1.29 is 8.78 Å². The average Bonchev–Trinajstić information content (AvgIpc) is 2.44. The first-order valence-corrected chi connectivity index (χ1v) is 5.19. The van der Waals surface area contributed by atoms with E-state index in [-0.39, 0.29) is 4.88 Å². The van der Waals surface area contributed by atoms with E-state index in [0.29, 0.717) is 0 Å². The van der Waals surface area contributed by atoms with Crippen LogP contribution in [-0.4, -0.2) is 0 Å². The van der Waals surface area contributed by atoms with Crippen LogP contribution in [-0.2, 0) is 0 Å². The summed E-state index contributed by atoms with van der Waals surface area (Å²) in [6, 6.07) is 5.83. The van der Waals surface area contributed by atoms with Crippen LogP contribution < -0.4 is 0 Å². The smallest absolute Gasteiger partial charge is 0.204 e. The zero-order chi connectivity index (χ0) is 10.3. The van der Waals surface area contributed by atoms with E-state index >= 15 is 0 Å². The van der Waals surface area contributed by atoms with Gasteiger partial charge in [-0.05, 0) is 30.9 Å².